The fourth-order valence-electron chi connectivity index (χ4n) is 1.66. The zero-order valence-electron chi connectivity index (χ0n) is 10.4. The fraction of sp³-hybridized carbons (Fsp3) is 0.167. The molecule has 2 rings (SSSR count). The van der Waals surface area contributed by atoms with Gasteiger partial charge < -0.3 is 10.6 Å². The first kappa shape index (κ1) is 13.9. The van der Waals surface area contributed by atoms with Crippen LogP contribution >= 0.6 is 0 Å². The van der Waals surface area contributed by atoms with Gasteiger partial charge in [0.2, 0.25) is 0 Å². The lowest BCUT2D eigenvalue weighted by molar-refractivity contribution is -0.136. The minimum atomic E-state index is -4.54. The Balaban J connectivity index is 2.31. The average Bonchev–Trinajstić information content (AvgIpc) is 2.89. The van der Waals surface area contributed by atoms with Gasteiger partial charge in [-0.2, -0.15) is 18.3 Å². The van der Waals surface area contributed by atoms with Crippen molar-refractivity contribution in [1.29, 1.82) is 0 Å². The van der Waals surface area contributed by atoms with Crippen LogP contribution in [0, 0.1) is 0 Å². The summed E-state index contributed by atoms with van der Waals surface area (Å²) in [6.07, 6.45) is -1.76. The Hall–Kier alpha value is -2.51. The van der Waals surface area contributed by atoms with Gasteiger partial charge in [-0.15, -0.1) is 0 Å². The SMILES string of the molecule is CNc1ccc(C(=O)Nc2cn[nH]c2)cc1C(F)(F)F. The topological polar surface area (TPSA) is 69.8 Å². The standard InChI is InChI=1S/C12H11F3N4O/c1-16-10-3-2-7(4-9(10)12(13,14)15)11(20)19-8-5-17-18-6-8/h2-6,16H,1H3,(H,17,18)(H,19,20). The number of hydrogen-bond donors (Lipinski definition) is 3. The second kappa shape index (κ2) is 5.24. The van der Waals surface area contributed by atoms with Crippen LogP contribution < -0.4 is 10.6 Å². The van der Waals surface area contributed by atoms with Crippen LogP contribution in [-0.4, -0.2) is 23.2 Å². The molecule has 8 heteroatoms. The number of H-pyrrole nitrogens is 1. The number of alkyl halides is 3. The van der Waals surface area contributed by atoms with Gasteiger partial charge >= 0.3 is 6.18 Å². The third kappa shape index (κ3) is 2.90. The lowest BCUT2D eigenvalue weighted by atomic mass is 10.1. The Morgan fingerprint density at radius 3 is 2.65 bits per heavy atom. The molecule has 0 saturated carbocycles. The van der Waals surface area contributed by atoms with Gasteiger partial charge in [-0.3, -0.25) is 9.89 Å². The van der Waals surface area contributed by atoms with Gasteiger partial charge in [-0.25, -0.2) is 0 Å². The Kier molecular flexibility index (Phi) is 3.64. The van der Waals surface area contributed by atoms with E-state index in [1.54, 1.807) is 0 Å². The van der Waals surface area contributed by atoms with Gasteiger partial charge in [0.1, 0.15) is 0 Å². The quantitative estimate of drug-likeness (QED) is 0.811. The average molecular weight is 284 g/mol. The molecule has 5 nitrogen and oxygen atoms in total. The van der Waals surface area contributed by atoms with Crippen LogP contribution in [-0.2, 0) is 6.18 Å². The van der Waals surface area contributed by atoms with E-state index in [0.29, 0.717) is 5.69 Å². The molecule has 0 unspecified atom stereocenters. The lowest BCUT2D eigenvalue weighted by Gasteiger charge is -2.13. The van der Waals surface area contributed by atoms with Gasteiger partial charge in [0, 0.05) is 24.5 Å². The summed E-state index contributed by atoms with van der Waals surface area (Å²) in [6, 6.07) is 3.34. The summed E-state index contributed by atoms with van der Waals surface area (Å²) < 4.78 is 38.6. The van der Waals surface area contributed by atoms with Crippen LogP contribution in [0.25, 0.3) is 0 Å². The molecule has 106 valence electrons. The smallest absolute Gasteiger partial charge is 0.388 e. The Morgan fingerprint density at radius 2 is 2.10 bits per heavy atom. The predicted molar refractivity (Wildman–Crippen MR) is 67.5 cm³/mol. The first-order valence-electron chi connectivity index (χ1n) is 5.61. The highest BCUT2D eigenvalue weighted by Crippen LogP contribution is 2.35. The molecule has 0 fully saturated rings. The molecule has 0 atom stereocenters. The number of benzene rings is 1. The fourth-order valence-corrected chi connectivity index (χ4v) is 1.66. The maximum atomic E-state index is 12.9. The number of carbonyl (C=O) groups excluding carboxylic acids is 1. The Morgan fingerprint density at radius 1 is 1.35 bits per heavy atom. The third-order valence-electron chi connectivity index (χ3n) is 2.61. The summed E-state index contributed by atoms with van der Waals surface area (Å²) in [5.74, 6) is -0.639. The van der Waals surface area contributed by atoms with E-state index in [0.717, 1.165) is 6.07 Å². The van der Waals surface area contributed by atoms with E-state index in [-0.39, 0.29) is 11.3 Å². The summed E-state index contributed by atoms with van der Waals surface area (Å²) in [7, 11) is 1.38. The molecule has 0 aliphatic heterocycles. The second-order valence-corrected chi connectivity index (χ2v) is 3.95. The van der Waals surface area contributed by atoms with Crippen molar-refractivity contribution >= 4 is 17.3 Å². The van der Waals surface area contributed by atoms with Gasteiger partial charge in [0.05, 0.1) is 17.4 Å². The van der Waals surface area contributed by atoms with Crippen molar-refractivity contribution < 1.29 is 18.0 Å². The van der Waals surface area contributed by atoms with Crippen molar-refractivity contribution in [2.75, 3.05) is 17.7 Å². The number of anilines is 2. The number of rotatable bonds is 3. The van der Waals surface area contributed by atoms with Crippen molar-refractivity contribution in [2.45, 2.75) is 6.18 Å². The minimum Gasteiger partial charge on any atom is -0.388 e. The molecular weight excluding hydrogens is 273 g/mol. The molecule has 0 saturated heterocycles. The van der Waals surface area contributed by atoms with Gasteiger partial charge in [0.25, 0.3) is 5.91 Å². The third-order valence-corrected chi connectivity index (χ3v) is 2.61. The number of aromatic amines is 1. The zero-order chi connectivity index (χ0) is 14.8. The summed E-state index contributed by atoms with van der Waals surface area (Å²) in [5, 5.41) is 11.0. The maximum absolute atomic E-state index is 12.9. The van der Waals surface area contributed by atoms with Gasteiger partial charge in [-0.1, -0.05) is 0 Å². The molecule has 0 aliphatic carbocycles. The van der Waals surface area contributed by atoms with Crippen molar-refractivity contribution in [3.8, 4) is 0 Å². The highest BCUT2D eigenvalue weighted by Gasteiger charge is 2.34. The van der Waals surface area contributed by atoms with E-state index >= 15 is 0 Å². The van der Waals surface area contributed by atoms with Crippen molar-refractivity contribution in [3.63, 3.8) is 0 Å². The van der Waals surface area contributed by atoms with Crippen LogP contribution in [0.4, 0.5) is 24.5 Å². The van der Waals surface area contributed by atoms with Crippen molar-refractivity contribution in [1.82, 2.24) is 10.2 Å². The van der Waals surface area contributed by atoms with Crippen LogP contribution in [0.5, 0.6) is 0 Å². The van der Waals surface area contributed by atoms with E-state index in [2.05, 4.69) is 20.8 Å². The molecule has 20 heavy (non-hydrogen) atoms. The van der Waals surface area contributed by atoms with Gasteiger partial charge in [-0.05, 0) is 18.2 Å². The number of hydrogen-bond acceptors (Lipinski definition) is 3. The first-order valence-corrected chi connectivity index (χ1v) is 5.61. The predicted octanol–water partition coefficient (Wildman–Crippen LogP) is 2.72. The van der Waals surface area contributed by atoms with E-state index in [1.165, 1.54) is 31.6 Å². The number of nitrogens with one attached hydrogen (secondary N) is 3. The molecule has 3 N–H and O–H groups in total. The number of halogens is 3. The molecule has 0 radical (unpaired) electrons. The van der Waals surface area contributed by atoms with Crippen LogP contribution in [0.3, 0.4) is 0 Å². The molecule has 0 aliphatic rings. The second-order valence-electron chi connectivity index (χ2n) is 3.95. The minimum absolute atomic E-state index is 0.0856. The maximum Gasteiger partial charge on any atom is 0.418 e. The van der Waals surface area contributed by atoms with Crippen LogP contribution in [0.2, 0.25) is 0 Å². The Labute approximate surface area is 112 Å². The molecule has 0 bridgehead atoms. The zero-order valence-corrected chi connectivity index (χ0v) is 10.4. The van der Waals surface area contributed by atoms with Crippen LogP contribution in [0.1, 0.15) is 15.9 Å². The Bertz CT molecular complexity index is 608. The molecule has 0 spiro atoms. The molecule has 1 amide bonds. The summed E-state index contributed by atoms with van der Waals surface area (Å²) >= 11 is 0. The normalized spacial score (nSPS) is 11.2. The van der Waals surface area contributed by atoms with E-state index in [9.17, 15) is 18.0 Å². The molecule has 2 aromatic rings. The summed E-state index contributed by atoms with van der Waals surface area (Å²) in [5.41, 5.74) is -0.684. The molecule has 1 aromatic heterocycles. The highest BCUT2D eigenvalue weighted by atomic mass is 19.4. The summed E-state index contributed by atoms with van der Waals surface area (Å²) in [6.45, 7) is 0. The van der Waals surface area contributed by atoms with E-state index in [4.69, 9.17) is 0 Å². The van der Waals surface area contributed by atoms with Crippen molar-refractivity contribution in [2.24, 2.45) is 0 Å². The lowest BCUT2D eigenvalue weighted by Crippen LogP contribution is -2.15. The monoisotopic (exact) mass is 284 g/mol. The van der Waals surface area contributed by atoms with Crippen LogP contribution in [0.15, 0.2) is 30.6 Å². The largest absolute Gasteiger partial charge is 0.418 e. The molecule has 1 heterocycles. The van der Waals surface area contributed by atoms with E-state index in [1.807, 2.05) is 0 Å². The number of carbonyl (C=O) groups is 1. The molecular formula is C12H11F3N4O. The molecule has 1 aromatic carbocycles. The highest BCUT2D eigenvalue weighted by molar-refractivity contribution is 6.04. The number of amides is 1. The van der Waals surface area contributed by atoms with Crippen molar-refractivity contribution in [3.05, 3.63) is 41.7 Å². The first-order chi connectivity index (χ1) is 9.41. The van der Waals surface area contributed by atoms with Gasteiger partial charge in [0.15, 0.2) is 0 Å². The summed E-state index contributed by atoms with van der Waals surface area (Å²) in [4.78, 5) is 11.9. The number of nitrogens with zero attached hydrogens (tertiary/aromatic N) is 1. The van der Waals surface area contributed by atoms with E-state index < -0.39 is 17.6 Å². The number of aromatic nitrogens is 2.